The zero-order chi connectivity index (χ0) is 23.5. The molecule has 32 heavy (non-hydrogen) atoms. The van der Waals surface area contributed by atoms with Crippen molar-refractivity contribution in [3.63, 3.8) is 0 Å². The topological polar surface area (TPSA) is 81.9 Å². The van der Waals surface area contributed by atoms with Gasteiger partial charge < -0.3 is 20.9 Å². The molecule has 7 nitrogen and oxygen atoms in total. The van der Waals surface area contributed by atoms with Crippen LogP contribution in [0.3, 0.4) is 0 Å². The minimum absolute atomic E-state index is 0.110. The smallest absolute Gasteiger partial charge is 0.368 e. The summed E-state index contributed by atoms with van der Waals surface area (Å²) in [6, 6.07) is 9.33. The van der Waals surface area contributed by atoms with Gasteiger partial charge in [-0.05, 0) is 49.0 Å². The highest BCUT2D eigenvalue weighted by Gasteiger charge is 2.35. The molecule has 0 aromatic heterocycles. The Morgan fingerprint density at radius 1 is 1.09 bits per heavy atom. The molecule has 0 bridgehead atoms. The molecule has 11 heteroatoms. The normalized spacial score (nSPS) is 14.8. The van der Waals surface area contributed by atoms with Crippen LogP contribution in [0.1, 0.15) is 21.5 Å². The van der Waals surface area contributed by atoms with Crippen molar-refractivity contribution < 1.29 is 22.8 Å². The largest absolute Gasteiger partial charge is 0.418 e. The summed E-state index contributed by atoms with van der Waals surface area (Å²) in [5.74, 6) is -0.604. The van der Waals surface area contributed by atoms with Crippen LogP contribution < -0.4 is 20.3 Å². The van der Waals surface area contributed by atoms with E-state index in [2.05, 4.69) is 23.0 Å². The Bertz CT molecular complexity index is 976. The first-order chi connectivity index (χ1) is 15.1. The number of nitrogens with one attached hydrogen (secondary N) is 1. The number of primary amides is 1. The maximum atomic E-state index is 13.7. The van der Waals surface area contributed by atoms with Crippen LogP contribution in [-0.2, 0) is 12.7 Å². The van der Waals surface area contributed by atoms with E-state index >= 15 is 0 Å². The summed E-state index contributed by atoms with van der Waals surface area (Å²) in [7, 11) is 1.94. The van der Waals surface area contributed by atoms with E-state index < -0.39 is 23.7 Å². The first-order valence-corrected chi connectivity index (χ1v) is 10.3. The zero-order valence-corrected chi connectivity index (χ0v) is 18.3. The molecule has 0 aliphatic carbocycles. The highest BCUT2D eigenvalue weighted by Crippen LogP contribution is 2.37. The predicted molar refractivity (Wildman–Crippen MR) is 120 cm³/mol. The molecule has 172 valence electrons. The van der Waals surface area contributed by atoms with Gasteiger partial charge in [0.05, 0.1) is 11.3 Å². The molecule has 2 aromatic rings. The number of hydrogen-bond donors (Lipinski definition) is 3. The number of likely N-dealkylation sites (N-methyl/N-ethyl adjacent to an activating group) is 1. The molecule has 0 spiro atoms. The second-order valence-corrected chi connectivity index (χ2v) is 7.92. The van der Waals surface area contributed by atoms with E-state index in [1.807, 2.05) is 7.05 Å². The maximum absolute atomic E-state index is 13.7. The summed E-state index contributed by atoms with van der Waals surface area (Å²) in [4.78, 5) is 27.3. The van der Waals surface area contributed by atoms with Gasteiger partial charge in [0.25, 0.3) is 0 Å². The standard InChI is InChI=1S/C21H24F3N5O2S/c1-27-8-10-28(11-9-27)18-7-2-14(12-17(18)21(22,23)24)13-26-20(31)29(32)16-5-3-15(4-6-16)19(25)30/h2-7,12,32H,8-11,13H2,1H3,(H2,25,30)(H,26,31). The van der Waals surface area contributed by atoms with Crippen molar-refractivity contribution in [2.24, 2.45) is 5.73 Å². The van der Waals surface area contributed by atoms with E-state index in [9.17, 15) is 22.8 Å². The van der Waals surface area contributed by atoms with Crippen LogP contribution in [0.25, 0.3) is 0 Å². The van der Waals surface area contributed by atoms with Crippen LogP contribution in [0.4, 0.5) is 29.3 Å². The number of piperazine rings is 1. The molecule has 3 rings (SSSR count). The molecule has 1 saturated heterocycles. The van der Waals surface area contributed by atoms with Crippen molar-refractivity contribution in [2.75, 3.05) is 42.4 Å². The van der Waals surface area contributed by atoms with Crippen molar-refractivity contribution in [1.29, 1.82) is 0 Å². The number of halogens is 3. The molecular formula is C21H24F3N5O2S. The fraction of sp³-hybridized carbons (Fsp3) is 0.333. The van der Waals surface area contributed by atoms with Crippen LogP contribution >= 0.6 is 12.8 Å². The number of amides is 3. The third kappa shape index (κ3) is 5.65. The number of thiol groups is 1. The highest BCUT2D eigenvalue weighted by molar-refractivity contribution is 7.82. The zero-order valence-electron chi connectivity index (χ0n) is 17.4. The van der Waals surface area contributed by atoms with Gasteiger partial charge in [-0.15, -0.1) is 0 Å². The molecular weight excluding hydrogens is 443 g/mol. The number of anilines is 2. The average molecular weight is 468 g/mol. The number of benzene rings is 2. The van der Waals surface area contributed by atoms with E-state index in [-0.39, 0.29) is 17.8 Å². The Hall–Kier alpha value is -2.92. The molecule has 0 saturated carbocycles. The number of nitrogens with zero attached hydrogens (tertiary/aromatic N) is 3. The summed E-state index contributed by atoms with van der Waals surface area (Å²) in [6.45, 7) is 2.29. The lowest BCUT2D eigenvalue weighted by Gasteiger charge is -2.35. The quantitative estimate of drug-likeness (QED) is 0.591. The van der Waals surface area contributed by atoms with Gasteiger partial charge in [0, 0.05) is 44.0 Å². The lowest BCUT2D eigenvalue weighted by Crippen LogP contribution is -2.45. The molecule has 1 aliphatic rings. The summed E-state index contributed by atoms with van der Waals surface area (Å²) in [5, 5.41) is 2.55. The van der Waals surface area contributed by atoms with Crippen molar-refractivity contribution in [1.82, 2.24) is 10.2 Å². The molecule has 2 aromatic carbocycles. The molecule has 0 atom stereocenters. The lowest BCUT2D eigenvalue weighted by atomic mass is 10.1. The van der Waals surface area contributed by atoms with Crippen LogP contribution in [0.5, 0.6) is 0 Å². The Morgan fingerprint density at radius 3 is 2.28 bits per heavy atom. The van der Waals surface area contributed by atoms with E-state index in [1.165, 1.54) is 30.3 Å². The summed E-state index contributed by atoms with van der Waals surface area (Å²) in [6.07, 6.45) is -4.52. The minimum Gasteiger partial charge on any atom is -0.368 e. The molecule has 0 radical (unpaired) electrons. The van der Waals surface area contributed by atoms with E-state index in [1.54, 1.807) is 11.0 Å². The number of urea groups is 1. The van der Waals surface area contributed by atoms with Crippen LogP contribution in [0.15, 0.2) is 42.5 Å². The SMILES string of the molecule is CN1CCN(c2ccc(CNC(=O)N(S)c3ccc(C(N)=O)cc3)cc2C(F)(F)F)CC1. The van der Waals surface area contributed by atoms with Gasteiger partial charge in [0.1, 0.15) is 0 Å². The second kappa shape index (κ2) is 9.70. The Morgan fingerprint density at radius 2 is 1.72 bits per heavy atom. The van der Waals surface area contributed by atoms with Crippen LogP contribution in [-0.4, -0.2) is 50.1 Å². The second-order valence-electron chi connectivity index (χ2n) is 7.52. The number of nitrogens with two attached hydrogens (primary N) is 1. The van der Waals surface area contributed by atoms with E-state index in [4.69, 9.17) is 5.73 Å². The van der Waals surface area contributed by atoms with Crippen molar-refractivity contribution in [3.05, 3.63) is 59.2 Å². The summed E-state index contributed by atoms with van der Waals surface area (Å²) in [5.41, 5.74) is 5.56. The fourth-order valence-electron chi connectivity index (χ4n) is 3.38. The Labute approximate surface area is 189 Å². The van der Waals surface area contributed by atoms with Crippen LogP contribution in [0.2, 0.25) is 0 Å². The maximum Gasteiger partial charge on any atom is 0.418 e. The van der Waals surface area contributed by atoms with Gasteiger partial charge >= 0.3 is 12.2 Å². The summed E-state index contributed by atoms with van der Waals surface area (Å²) >= 11 is 4.12. The van der Waals surface area contributed by atoms with Gasteiger partial charge in [-0.2, -0.15) is 13.2 Å². The molecule has 0 unspecified atom stereocenters. The molecule has 3 amide bonds. The third-order valence-electron chi connectivity index (χ3n) is 5.24. The highest BCUT2D eigenvalue weighted by atomic mass is 32.1. The van der Waals surface area contributed by atoms with Gasteiger partial charge in [-0.3, -0.25) is 4.79 Å². The van der Waals surface area contributed by atoms with Crippen molar-refractivity contribution >= 4 is 36.1 Å². The lowest BCUT2D eigenvalue weighted by molar-refractivity contribution is -0.137. The first kappa shape index (κ1) is 23.7. The third-order valence-corrected chi connectivity index (χ3v) is 5.66. The van der Waals surface area contributed by atoms with Crippen molar-refractivity contribution in [2.45, 2.75) is 12.7 Å². The van der Waals surface area contributed by atoms with Gasteiger partial charge in [0.2, 0.25) is 5.91 Å². The minimum atomic E-state index is -4.52. The monoisotopic (exact) mass is 467 g/mol. The number of carbonyl (C=O) groups is 2. The molecule has 1 heterocycles. The number of alkyl halides is 3. The first-order valence-electron chi connectivity index (χ1n) is 9.86. The van der Waals surface area contributed by atoms with Gasteiger partial charge in [0.15, 0.2) is 0 Å². The van der Waals surface area contributed by atoms with E-state index in [0.29, 0.717) is 37.4 Å². The van der Waals surface area contributed by atoms with Gasteiger partial charge in [-0.25, -0.2) is 9.10 Å². The Kier molecular flexibility index (Phi) is 7.19. The van der Waals surface area contributed by atoms with Gasteiger partial charge in [-0.1, -0.05) is 18.9 Å². The molecule has 1 aliphatic heterocycles. The summed E-state index contributed by atoms with van der Waals surface area (Å²) < 4.78 is 42.2. The fourth-order valence-corrected chi connectivity index (χ4v) is 3.58. The predicted octanol–water partition coefficient (Wildman–Crippen LogP) is 3.12. The number of carbonyl (C=O) groups excluding carboxylic acids is 2. The molecule has 3 N–H and O–H groups in total. The average Bonchev–Trinajstić information content (AvgIpc) is 2.77. The molecule has 1 fully saturated rings. The van der Waals surface area contributed by atoms with Crippen molar-refractivity contribution in [3.8, 4) is 0 Å². The van der Waals surface area contributed by atoms with E-state index in [0.717, 1.165) is 10.4 Å². The number of hydrogen-bond acceptors (Lipinski definition) is 5. The Balaban J connectivity index is 1.70. The number of rotatable bonds is 5. The van der Waals surface area contributed by atoms with Crippen LogP contribution in [0, 0.1) is 0 Å².